The van der Waals surface area contributed by atoms with Gasteiger partial charge in [0.05, 0.1) is 0 Å². The molecule has 1 aromatic rings. The van der Waals surface area contributed by atoms with Gasteiger partial charge in [0, 0.05) is 11.6 Å². The third-order valence-electron chi connectivity index (χ3n) is 2.96. The molecule has 0 unspecified atom stereocenters. The second-order valence-corrected chi connectivity index (χ2v) is 4.43. The Morgan fingerprint density at radius 3 is 2.80 bits per heavy atom. The molecular weight excluding hydrogens is 192 g/mol. The maximum atomic E-state index is 11.8. The van der Waals surface area contributed by atoms with E-state index in [-0.39, 0.29) is 11.4 Å². The van der Waals surface area contributed by atoms with E-state index < -0.39 is 0 Å². The summed E-state index contributed by atoms with van der Waals surface area (Å²) in [4.78, 5) is 11.8. The zero-order valence-corrected chi connectivity index (χ0v) is 8.84. The maximum Gasteiger partial charge on any atom is 0.269 e. The van der Waals surface area contributed by atoms with Gasteiger partial charge in [0.25, 0.3) is 5.91 Å². The predicted molar refractivity (Wildman–Crippen MR) is 57.3 cm³/mol. The first-order valence-electron chi connectivity index (χ1n) is 5.22. The standard InChI is InChI=1S/C10H16N4O/c1-10(4-2-3-5-10)12-9(15)7-6-8(11)14-13-7/h6H,2-5H2,1H3,(H,12,15)(H3,11,13,14). The molecule has 0 aliphatic heterocycles. The monoisotopic (exact) mass is 208 g/mol. The lowest BCUT2D eigenvalue weighted by molar-refractivity contribution is 0.0903. The molecule has 0 bridgehead atoms. The van der Waals surface area contributed by atoms with E-state index in [1.165, 1.54) is 12.8 Å². The third kappa shape index (κ3) is 2.11. The van der Waals surface area contributed by atoms with Crippen molar-refractivity contribution in [2.45, 2.75) is 38.1 Å². The number of nitrogens with zero attached hydrogens (tertiary/aromatic N) is 1. The minimum atomic E-state index is -0.122. The average Bonchev–Trinajstić information content (AvgIpc) is 2.75. The smallest absolute Gasteiger partial charge is 0.269 e. The number of nitrogens with two attached hydrogens (primary N) is 1. The molecule has 82 valence electrons. The van der Waals surface area contributed by atoms with Crippen molar-refractivity contribution in [1.82, 2.24) is 15.5 Å². The molecule has 2 rings (SSSR count). The molecule has 1 saturated carbocycles. The van der Waals surface area contributed by atoms with Gasteiger partial charge >= 0.3 is 0 Å². The Balaban J connectivity index is 2.03. The van der Waals surface area contributed by atoms with Gasteiger partial charge in [-0.15, -0.1) is 0 Å². The molecule has 0 atom stereocenters. The molecule has 0 saturated heterocycles. The van der Waals surface area contributed by atoms with Crippen LogP contribution in [0, 0.1) is 0 Å². The van der Waals surface area contributed by atoms with Crippen LogP contribution in [0.2, 0.25) is 0 Å². The van der Waals surface area contributed by atoms with Crippen molar-refractivity contribution in [3.8, 4) is 0 Å². The molecule has 4 N–H and O–H groups in total. The molecule has 1 heterocycles. The van der Waals surface area contributed by atoms with E-state index in [2.05, 4.69) is 22.4 Å². The maximum absolute atomic E-state index is 11.8. The number of carbonyl (C=O) groups is 1. The summed E-state index contributed by atoms with van der Waals surface area (Å²) in [6, 6.07) is 1.55. The third-order valence-corrected chi connectivity index (χ3v) is 2.96. The van der Waals surface area contributed by atoms with E-state index >= 15 is 0 Å². The summed E-state index contributed by atoms with van der Waals surface area (Å²) in [6.07, 6.45) is 4.45. The Hall–Kier alpha value is -1.52. The first-order valence-corrected chi connectivity index (χ1v) is 5.22. The summed E-state index contributed by atoms with van der Waals surface area (Å²) in [6.45, 7) is 2.08. The lowest BCUT2D eigenvalue weighted by atomic mass is 10.0. The van der Waals surface area contributed by atoms with E-state index in [9.17, 15) is 4.79 Å². The van der Waals surface area contributed by atoms with Crippen LogP contribution in [0.15, 0.2) is 6.07 Å². The first kappa shape index (κ1) is 10.0. The zero-order chi connectivity index (χ0) is 10.9. The second-order valence-electron chi connectivity index (χ2n) is 4.43. The quantitative estimate of drug-likeness (QED) is 0.679. The number of hydrogen-bond acceptors (Lipinski definition) is 3. The van der Waals surface area contributed by atoms with Crippen molar-refractivity contribution in [2.24, 2.45) is 0 Å². The molecule has 0 aromatic carbocycles. The van der Waals surface area contributed by atoms with Gasteiger partial charge in [0.2, 0.25) is 0 Å². The van der Waals surface area contributed by atoms with Gasteiger partial charge in [-0.25, -0.2) is 0 Å². The Morgan fingerprint density at radius 2 is 2.27 bits per heavy atom. The van der Waals surface area contributed by atoms with Gasteiger partial charge in [-0.2, -0.15) is 5.10 Å². The molecule has 1 aliphatic carbocycles. The fourth-order valence-corrected chi connectivity index (χ4v) is 2.08. The summed E-state index contributed by atoms with van der Waals surface area (Å²) >= 11 is 0. The van der Waals surface area contributed by atoms with Crippen LogP contribution in [0.5, 0.6) is 0 Å². The Morgan fingerprint density at radius 1 is 1.60 bits per heavy atom. The second kappa shape index (κ2) is 3.56. The van der Waals surface area contributed by atoms with Crippen molar-refractivity contribution in [3.05, 3.63) is 11.8 Å². The molecule has 0 spiro atoms. The van der Waals surface area contributed by atoms with Crippen LogP contribution in [0.25, 0.3) is 0 Å². The van der Waals surface area contributed by atoms with Gasteiger partial charge in [0.15, 0.2) is 0 Å². The van der Waals surface area contributed by atoms with E-state index in [1.54, 1.807) is 6.07 Å². The van der Waals surface area contributed by atoms with Crippen LogP contribution in [0.3, 0.4) is 0 Å². The molecule has 1 aromatic heterocycles. The summed E-state index contributed by atoms with van der Waals surface area (Å²) in [5, 5.41) is 9.36. The number of anilines is 1. The Labute approximate surface area is 88.4 Å². The van der Waals surface area contributed by atoms with Gasteiger partial charge in [-0.1, -0.05) is 12.8 Å². The fourth-order valence-electron chi connectivity index (χ4n) is 2.08. The molecule has 1 fully saturated rings. The summed E-state index contributed by atoms with van der Waals surface area (Å²) in [5.41, 5.74) is 5.81. The largest absolute Gasteiger partial charge is 0.382 e. The number of aromatic nitrogens is 2. The van der Waals surface area contributed by atoms with Crippen LogP contribution in [0.1, 0.15) is 43.1 Å². The van der Waals surface area contributed by atoms with Crippen LogP contribution in [-0.2, 0) is 0 Å². The molecule has 5 nitrogen and oxygen atoms in total. The average molecular weight is 208 g/mol. The van der Waals surface area contributed by atoms with Crippen LogP contribution >= 0.6 is 0 Å². The van der Waals surface area contributed by atoms with Crippen molar-refractivity contribution < 1.29 is 4.79 Å². The predicted octanol–water partition coefficient (Wildman–Crippen LogP) is 1.05. The topological polar surface area (TPSA) is 83.8 Å². The highest BCUT2D eigenvalue weighted by Gasteiger charge is 2.30. The molecule has 15 heavy (non-hydrogen) atoms. The highest BCUT2D eigenvalue weighted by molar-refractivity contribution is 5.93. The molecule has 1 aliphatic rings. The molecule has 0 radical (unpaired) electrons. The van der Waals surface area contributed by atoms with Gasteiger partial charge in [-0.3, -0.25) is 9.89 Å². The van der Waals surface area contributed by atoms with Gasteiger partial charge < -0.3 is 11.1 Å². The minimum absolute atomic E-state index is 0.0586. The highest BCUT2D eigenvalue weighted by Crippen LogP contribution is 2.29. The number of aromatic amines is 1. The van der Waals surface area contributed by atoms with Crippen molar-refractivity contribution in [1.29, 1.82) is 0 Å². The minimum Gasteiger partial charge on any atom is -0.382 e. The van der Waals surface area contributed by atoms with E-state index in [0.29, 0.717) is 11.5 Å². The number of nitrogens with one attached hydrogen (secondary N) is 2. The Bertz CT molecular complexity index is 365. The summed E-state index contributed by atoms with van der Waals surface area (Å²) in [7, 11) is 0. The van der Waals surface area contributed by atoms with Crippen LogP contribution in [-0.4, -0.2) is 21.6 Å². The SMILES string of the molecule is CC1(NC(=O)c2cc(N)n[nH]2)CCCC1. The lowest BCUT2D eigenvalue weighted by Gasteiger charge is -2.24. The summed E-state index contributed by atoms with van der Waals surface area (Å²) < 4.78 is 0. The molecule has 5 heteroatoms. The number of carbonyl (C=O) groups excluding carboxylic acids is 1. The number of nitrogen functional groups attached to an aromatic ring is 1. The highest BCUT2D eigenvalue weighted by atomic mass is 16.2. The van der Waals surface area contributed by atoms with Crippen molar-refractivity contribution in [3.63, 3.8) is 0 Å². The van der Waals surface area contributed by atoms with Crippen molar-refractivity contribution >= 4 is 11.7 Å². The number of rotatable bonds is 2. The van der Waals surface area contributed by atoms with Gasteiger partial charge in [0.1, 0.15) is 11.5 Å². The van der Waals surface area contributed by atoms with Crippen molar-refractivity contribution in [2.75, 3.05) is 5.73 Å². The fraction of sp³-hybridized carbons (Fsp3) is 0.600. The van der Waals surface area contributed by atoms with E-state index in [1.807, 2.05) is 0 Å². The number of hydrogen-bond donors (Lipinski definition) is 3. The summed E-state index contributed by atoms with van der Waals surface area (Å²) in [5.74, 6) is 0.223. The molecule has 1 amide bonds. The van der Waals surface area contributed by atoms with E-state index in [4.69, 9.17) is 5.73 Å². The number of amides is 1. The van der Waals surface area contributed by atoms with Gasteiger partial charge in [-0.05, 0) is 19.8 Å². The normalized spacial score (nSPS) is 19.0. The zero-order valence-electron chi connectivity index (χ0n) is 8.84. The van der Waals surface area contributed by atoms with Crippen LogP contribution in [0.4, 0.5) is 5.82 Å². The lowest BCUT2D eigenvalue weighted by Crippen LogP contribution is -2.43. The number of H-pyrrole nitrogens is 1. The first-order chi connectivity index (χ1) is 7.09. The molecular formula is C10H16N4O. The van der Waals surface area contributed by atoms with Crippen LogP contribution < -0.4 is 11.1 Å². The Kier molecular flexibility index (Phi) is 2.38. The van der Waals surface area contributed by atoms with E-state index in [0.717, 1.165) is 12.8 Å².